The van der Waals surface area contributed by atoms with E-state index >= 15 is 0 Å². The summed E-state index contributed by atoms with van der Waals surface area (Å²) in [6.45, 7) is 0. The van der Waals surface area contributed by atoms with Gasteiger partial charge in [-0.15, -0.1) is 22.9 Å². The fourth-order valence-corrected chi connectivity index (χ4v) is 2.39. The van der Waals surface area contributed by atoms with Crippen LogP contribution in [0.2, 0.25) is 0 Å². The van der Waals surface area contributed by atoms with E-state index in [1.165, 1.54) is 11.3 Å². The predicted molar refractivity (Wildman–Crippen MR) is 56.9 cm³/mol. The second kappa shape index (κ2) is 3.87. The molecule has 5 heteroatoms. The summed E-state index contributed by atoms with van der Waals surface area (Å²) in [7, 11) is 0. The van der Waals surface area contributed by atoms with Gasteiger partial charge in [0.15, 0.2) is 0 Å². The van der Waals surface area contributed by atoms with Crippen LogP contribution in [0, 0.1) is 0 Å². The molecule has 0 aromatic carbocycles. The number of hydrogen-bond acceptors (Lipinski definition) is 3. The Morgan fingerprint density at radius 3 is 2.93 bits per heavy atom. The van der Waals surface area contributed by atoms with E-state index in [-0.39, 0.29) is 11.4 Å². The van der Waals surface area contributed by atoms with Gasteiger partial charge in [0.05, 0.1) is 11.0 Å². The molecule has 1 aromatic heterocycles. The molecule has 0 radical (unpaired) electrons. The number of alkyl halides is 1. The molecule has 0 atom stereocenters. The van der Waals surface area contributed by atoms with Gasteiger partial charge >= 0.3 is 0 Å². The quantitative estimate of drug-likeness (QED) is 0.808. The predicted octanol–water partition coefficient (Wildman–Crippen LogP) is 2.03. The first-order valence-electron chi connectivity index (χ1n) is 4.52. The minimum absolute atomic E-state index is 0.105. The van der Waals surface area contributed by atoms with Gasteiger partial charge in [0, 0.05) is 11.3 Å². The number of carbonyl (C=O) groups is 1. The van der Waals surface area contributed by atoms with Gasteiger partial charge in [0.1, 0.15) is 5.69 Å². The molecule has 0 spiro atoms. The Morgan fingerprint density at radius 1 is 1.71 bits per heavy atom. The summed E-state index contributed by atoms with van der Waals surface area (Å²) in [5, 5.41) is 4.70. The standard InChI is InChI=1S/C9H11ClN2OS/c10-5-9(2-1-3-9)12-8(13)7-4-14-6-11-7/h4,6H,1-3,5H2,(H,12,13). The summed E-state index contributed by atoms with van der Waals surface area (Å²) < 4.78 is 0. The first kappa shape index (κ1) is 9.93. The smallest absolute Gasteiger partial charge is 0.271 e. The van der Waals surface area contributed by atoms with Crippen molar-refractivity contribution in [1.82, 2.24) is 10.3 Å². The van der Waals surface area contributed by atoms with E-state index in [0.29, 0.717) is 11.6 Å². The molecular formula is C9H11ClN2OS. The van der Waals surface area contributed by atoms with Crippen molar-refractivity contribution in [3.63, 3.8) is 0 Å². The molecule has 0 bridgehead atoms. The van der Waals surface area contributed by atoms with Gasteiger partial charge in [-0.2, -0.15) is 0 Å². The fourth-order valence-electron chi connectivity index (χ4n) is 1.53. The van der Waals surface area contributed by atoms with Crippen molar-refractivity contribution in [3.8, 4) is 0 Å². The van der Waals surface area contributed by atoms with E-state index in [4.69, 9.17) is 11.6 Å². The van der Waals surface area contributed by atoms with Crippen LogP contribution in [0.4, 0.5) is 0 Å². The van der Waals surface area contributed by atoms with Crippen molar-refractivity contribution >= 4 is 28.8 Å². The Balaban J connectivity index is 2.01. The largest absolute Gasteiger partial charge is 0.344 e. The third-order valence-corrected chi connectivity index (χ3v) is 3.71. The van der Waals surface area contributed by atoms with Crippen molar-refractivity contribution in [2.24, 2.45) is 0 Å². The van der Waals surface area contributed by atoms with Gasteiger partial charge in [-0.1, -0.05) is 0 Å². The Bertz CT molecular complexity index is 316. The lowest BCUT2D eigenvalue weighted by molar-refractivity contribution is 0.0849. The molecule has 1 amide bonds. The van der Waals surface area contributed by atoms with E-state index in [1.54, 1.807) is 10.9 Å². The molecule has 3 nitrogen and oxygen atoms in total. The van der Waals surface area contributed by atoms with Crippen molar-refractivity contribution < 1.29 is 4.79 Å². The second-order valence-electron chi connectivity index (χ2n) is 3.60. The summed E-state index contributed by atoms with van der Waals surface area (Å²) in [6, 6.07) is 0. The number of thiazole rings is 1. The zero-order valence-electron chi connectivity index (χ0n) is 7.62. The van der Waals surface area contributed by atoms with Gasteiger partial charge in [-0.3, -0.25) is 4.79 Å². The lowest BCUT2D eigenvalue weighted by Gasteiger charge is -2.40. The highest BCUT2D eigenvalue weighted by atomic mass is 35.5. The van der Waals surface area contributed by atoms with E-state index < -0.39 is 0 Å². The van der Waals surface area contributed by atoms with Gasteiger partial charge < -0.3 is 5.32 Å². The second-order valence-corrected chi connectivity index (χ2v) is 4.58. The average molecular weight is 231 g/mol. The Hall–Kier alpha value is -0.610. The van der Waals surface area contributed by atoms with Crippen LogP contribution in [0.5, 0.6) is 0 Å². The van der Waals surface area contributed by atoms with E-state index in [1.807, 2.05) is 0 Å². The molecule has 1 N–H and O–H groups in total. The van der Waals surface area contributed by atoms with E-state index in [0.717, 1.165) is 19.3 Å². The summed E-state index contributed by atoms with van der Waals surface area (Å²) in [4.78, 5) is 15.6. The molecule has 1 aliphatic rings. The van der Waals surface area contributed by atoms with Crippen LogP contribution in [-0.4, -0.2) is 22.3 Å². The van der Waals surface area contributed by atoms with Gasteiger partial charge in [-0.05, 0) is 19.3 Å². The lowest BCUT2D eigenvalue weighted by Crippen LogP contribution is -2.55. The molecule has 76 valence electrons. The van der Waals surface area contributed by atoms with E-state index in [2.05, 4.69) is 10.3 Å². The zero-order chi connectivity index (χ0) is 10.0. The van der Waals surface area contributed by atoms with E-state index in [9.17, 15) is 4.79 Å². The molecule has 0 unspecified atom stereocenters. The number of amides is 1. The minimum atomic E-state index is -0.164. The number of halogens is 1. The SMILES string of the molecule is O=C(NC1(CCl)CCC1)c1cscn1. The Kier molecular flexibility index (Phi) is 2.74. The van der Waals surface area contributed by atoms with Crippen molar-refractivity contribution in [2.45, 2.75) is 24.8 Å². The molecule has 1 aromatic rings. The topological polar surface area (TPSA) is 42.0 Å². The van der Waals surface area contributed by atoms with Gasteiger partial charge in [-0.25, -0.2) is 4.98 Å². The van der Waals surface area contributed by atoms with Crippen molar-refractivity contribution in [2.75, 3.05) is 5.88 Å². The van der Waals surface area contributed by atoms with Crippen molar-refractivity contribution in [3.05, 3.63) is 16.6 Å². The van der Waals surface area contributed by atoms with Crippen LogP contribution in [0.3, 0.4) is 0 Å². The number of aromatic nitrogens is 1. The minimum Gasteiger partial charge on any atom is -0.344 e. The number of carbonyl (C=O) groups excluding carboxylic acids is 1. The molecular weight excluding hydrogens is 220 g/mol. The summed E-state index contributed by atoms with van der Waals surface area (Å²) in [6.07, 6.45) is 3.10. The molecule has 1 saturated carbocycles. The zero-order valence-corrected chi connectivity index (χ0v) is 9.20. The van der Waals surface area contributed by atoms with Crippen LogP contribution in [-0.2, 0) is 0 Å². The van der Waals surface area contributed by atoms with Gasteiger partial charge in [0.2, 0.25) is 0 Å². The number of rotatable bonds is 3. The Labute approximate surface area is 91.5 Å². The molecule has 1 aliphatic carbocycles. The lowest BCUT2D eigenvalue weighted by atomic mass is 9.78. The number of nitrogens with zero attached hydrogens (tertiary/aromatic N) is 1. The van der Waals surface area contributed by atoms with Crippen LogP contribution >= 0.6 is 22.9 Å². The van der Waals surface area contributed by atoms with Crippen LogP contribution in [0.15, 0.2) is 10.9 Å². The highest BCUT2D eigenvalue weighted by molar-refractivity contribution is 7.07. The molecule has 1 fully saturated rings. The summed E-state index contributed by atoms with van der Waals surface area (Å²) in [5.74, 6) is 0.384. The first-order valence-corrected chi connectivity index (χ1v) is 6.00. The first-order chi connectivity index (χ1) is 6.76. The third kappa shape index (κ3) is 1.77. The normalized spacial score (nSPS) is 18.6. The maximum Gasteiger partial charge on any atom is 0.271 e. The number of nitrogens with one attached hydrogen (secondary N) is 1. The monoisotopic (exact) mass is 230 g/mol. The van der Waals surface area contributed by atoms with Crippen LogP contribution in [0.25, 0.3) is 0 Å². The highest BCUT2D eigenvalue weighted by Gasteiger charge is 2.37. The molecule has 14 heavy (non-hydrogen) atoms. The molecule has 2 rings (SSSR count). The maximum absolute atomic E-state index is 11.6. The highest BCUT2D eigenvalue weighted by Crippen LogP contribution is 2.33. The third-order valence-electron chi connectivity index (χ3n) is 2.61. The number of hydrogen-bond donors (Lipinski definition) is 1. The molecule has 1 heterocycles. The van der Waals surface area contributed by atoms with Crippen LogP contribution < -0.4 is 5.32 Å². The maximum atomic E-state index is 11.6. The Morgan fingerprint density at radius 2 is 2.50 bits per heavy atom. The van der Waals surface area contributed by atoms with Gasteiger partial charge in [0.25, 0.3) is 5.91 Å². The van der Waals surface area contributed by atoms with Crippen molar-refractivity contribution in [1.29, 1.82) is 0 Å². The fraction of sp³-hybridized carbons (Fsp3) is 0.556. The summed E-state index contributed by atoms with van der Waals surface area (Å²) >= 11 is 7.26. The summed E-state index contributed by atoms with van der Waals surface area (Å²) in [5.41, 5.74) is 1.98. The molecule has 0 aliphatic heterocycles. The molecule has 0 saturated heterocycles. The average Bonchev–Trinajstić information content (AvgIpc) is 2.63. The van der Waals surface area contributed by atoms with Crippen LogP contribution in [0.1, 0.15) is 29.8 Å².